The lowest BCUT2D eigenvalue weighted by molar-refractivity contribution is -0.116. The van der Waals surface area contributed by atoms with Crippen molar-refractivity contribution in [2.45, 2.75) is 33.6 Å². The number of pyridine rings is 1. The second-order valence-corrected chi connectivity index (χ2v) is 6.50. The lowest BCUT2D eigenvalue weighted by Crippen LogP contribution is -2.30. The third-order valence-electron chi connectivity index (χ3n) is 4.33. The molecule has 0 fully saturated rings. The second-order valence-electron chi connectivity index (χ2n) is 6.50. The van der Waals surface area contributed by atoms with Crippen LogP contribution >= 0.6 is 0 Å². The summed E-state index contributed by atoms with van der Waals surface area (Å²) in [6.45, 7) is 5.33. The lowest BCUT2D eigenvalue weighted by Gasteiger charge is -2.29. The highest BCUT2D eigenvalue weighted by Crippen LogP contribution is 2.38. The molecule has 0 radical (unpaired) electrons. The molecule has 0 atom stereocenters. The highest BCUT2D eigenvalue weighted by Gasteiger charge is 2.38. The van der Waals surface area contributed by atoms with E-state index < -0.39 is 11.2 Å². The summed E-state index contributed by atoms with van der Waals surface area (Å²) in [5, 5.41) is 14.4. The monoisotopic (exact) mass is 326 g/mol. The van der Waals surface area contributed by atoms with Gasteiger partial charge in [-0.3, -0.25) is 9.59 Å². The molecule has 0 saturated carbocycles. The number of aryl methyl sites for hydroxylation is 1. The van der Waals surface area contributed by atoms with E-state index in [0.29, 0.717) is 23.5 Å². The second kappa shape index (κ2) is 5.67. The van der Waals surface area contributed by atoms with Crippen molar-refractivity contribution in [2.24, 2.45) is 5.41 Å². The quantitative estimate of drug-likeness (QED) is 0.687. The highest BCUT2D eigenvalue weighted by atomic mass is 16.3. The molecule has 2 heterocycles. The molecule has 2 aromatic heterocycles. The lowest BCUT2D eigenvalue weighted by atomic mass is 9.75. The Balaban J connectivity index is 2.03. The van der Waals surface area contributed by atoms with E-state index in [9.17, 15) is 14.7 Å². The smallest absolute Gasteiger partial charge is 0.201 e. The highest BCUT2D eigenvalue weighted by molar-refractivity contribution is 6.27. The maximum atomic E-state index is 12.8. The van der Waals surface area contributed by atoms with Gasteiger partial charge in [0.05, 0.1) is 5.69 Å². The van der Waals surface area contributed by atoms with Crippen LogP contribution in [0.25, 0.3) is 5.82 Å². The first-order chi connectivity index (χ1) is 11.3. The summed E-state index contributed by atoms with van der Waals surface area (Å²) < 4.78 is 1.48. The predicted molar refractivity (Wildman–Crippen MR) is 85.9 cm³/mol. The number of aromatic nitrogens is 4. The number of rotatable bonds is 3. The summed E-state index contributed by atoms with van der Waals surface area (Å²) >= 11 is 0. The fraction of sp³-hybridized carbons (Fsp3) is 0.353. The van der Waals surface area contributed by atoms with Crippen LogP contribution in [0.2, 0.25) is 0 Å². The standard InChI is InChI=1S/C17H18N4O3/c1-10-11(4-5-13(20-10)21-9-18-8-19-21)15(23)14-12(22)6-7-17(2,3)16(14)24/h4-5,8-9,24H,6-7H2,1-3H3. The van der Waals surface area contributed by atoms with Gasteiger partial charge in [-0.25, -0.2) is 14.6 Å². The molecule has 2 aromatic rings. The number of ketones is 2. The minimum absolute atomic E-state index is 0.121. The molecule has 0 amide bonds. The Labute approximate surface area is 139 Å². The van der Waals surface area contributed by atoms with Crippen molar-refractivity contribution in [3.05, 3.63) is 47.4 Å². The van der Waals surface area contributed by atoms with E-state index in [4.69, 9.17) is 0 Å². The summed E-state index contributed by atoms with van der Waals surface area (Å²) in [5.74, 6) is -0.421. The molecule has 1 N–H and O–H groups in total. The van der Waals surface area contributed by atoms with Gasteiger partial charge in [0.25, 0.3) is 0 Å². The maximum absolute atomic E-state index is 12.8. The van der Waals surface area contributed by atoms with Crippen molar-refractivity contribution in [1.29, 1.82) is 0 Å². The Morgan fingerprint density at radius 2 is 2.08 bits per heavy atom. The number of Topliss-reactive ketones (excluding diaryl/α,β-unsaturated/α-hetero) is 2. The average Bonchev–Trinajstić information content (AvgIpc) is 3.06. The molecule has 0 aliphatic heterocycles. The third kappa shape index (κ3) is 2.62. The van der Waals surface area contributed by atoms with Crippen molar-refractivity contribution in [3.8, 4) is 5.82 Å². The van der Waals surface area contributed by atoms with E-state index >= 15 is 0 Å². The van der Waals surface area contributed by atoms with E-state index in [-0.39, 0.29) is 23.5 Å². The maximum Gasteiger partial charge on any atom is 0.201 e. The molecule has 1 aliphatic carbocycles. The number of hydrogen-bond donors (Lipinski definition) is 1. The number of hydrogen-bond acceptors (Lipinski definition) is 6. The molecule has 7 heteroatoms. The molecule has 0 bridgehead atoms. The molecule has 3 rings (SSSR count). The zero-order valence-electron chi connectivity index (χ0n) is 13.8. The van der Waals surface area contributed by atoms with Gasteiger partial charge < -0.3 is 5.11 Å². The Hall–Kier alpha value is -2.83. The van der Waals surface area contributed by atoms with E-state index in [0.717, 1.165) is 0 Å². The molecule has 124 valence electrons. The summed E-state index contributed by atoms with van der Waals surface area (Å²) in [6.07, 6.45) is 3.67. The van der Waals surface area contributed by atoms with Crippen LogP contribution in [-0.4, -0.2) is 36.4 Å². The van der Waals surface area contributed by atoms with Crippen LogP contribution in [0.4, 0.5) is 0 Å². The SMILES string of the molecule is Cc1nc(-n2cncn2)ccc1C(=O)C1=C(O)C(C)(C)CCC1=O. The van der Waals surface area contributed by atoms with Gasteiger partial charge in [0, 0.05) is 17.4 Å². The van der Waals surface area contributed by atoms with Gasteiger partial charge in [-0.15, -0.1) is 0 Å². The predicted octanol–water partition coefficient (Wildman–Crippen LogP) is 2.35. The van der Waals surface area contributed by atoms with Gasteiger partial charge in [-0.05, 0) is 25.5 Å². The first kappa shape index (κ1) is 16.0. The van der Waals surface area contributed by atoms with Crippen LogP contribution in [0.15, 0.2) is 36.1 Å². The molecule has 0 aromatic carbocycles. The van der Waals surface area contributed by atoms with E-state index in [1.807, 2.05) is 13.8 Å². The number of nitrogens with zero attached hydrogens (tertiary/aromatic N) is 4. The topological polar surface area (TPSA) is 98.0 Å². The van der Waals surface area contributed by atoms with Gasteiger partial charge in [0.2, 0.25) is 5.78 Å². The molecular formula is C17H18N4O3. The molecule has 1 aliphatic rings. The minimum atomic E-state index is -0.582. The Morgan fingerprint density at radius 3 is 2.71 bits per heavy atom. The van der Waals surface area contributed by atoms with Crippen LogP contribution in [0, 0.1) is 12.3 Å². The average molecular weight is 326 g/mol. The van der Waals surface area contributed by atoms with Gasteiger partial charge in [-0.2, -0.15) is 5.10 Å². The molecule has 24 heavy (non-hydrogen) atoms. The summed E-state index contributed by atoms with van der Waals surface area (Å²) in [7, 11) is 0. The van der Waals surface area contributed by atoms with Crippen LogP contribution < -0.4 is 0 Å². The first-order valence-electron chi connectivity index (χ1n) is 7.65. The van der Waals surface area contributed by atoms with Gasteiger partial charge >= 0.3 is 0 Å². The normalized spacial score (nSPS) is 17.2. The number of allylic oxidation sites excluding steroid dienone is 2. The number of aliphatic hydroxyl groups excluding tert-OH is 1. The van der Waals surface area contributed by atoms with Gasteiger partial charge in [-0.1, -0.05) is 13.8 Å². The van der Waals surface area contributed by atoms with Crippen molar-refractivity contribution in [2.75, 3.05) is 0 Å². The summed E-state index contributed by atoms with van der Waals surface area (Å²) in [4.78, 5) is 33.2. The molecule has 0 spiro atoms. The van der Waals surface area contributed by atoms with E-state index in [2.05, 4.69) is 15.1 Å². The summed E-state index contributed by atoms with van der Waals surface area (Å²) in [5.41, 5.74) is 0.0570. The largest absolute Gasteiger partial charge is 0.511 e. The van der Waals surface area contributed by atoms with Gasteiger partial charge in [0.15, 0.2) is 11.6 Å². The number of carbonyl (C=O) groups is 2. The number of carbonyl (C=O) groups excluding carboxylic acids is 2. The van der Waals surface area contributed by atoms with Crippen molar-refractivity contribution >= 4 is 11.6 Å². The Bertz CT molecular complexity index is 851. The van der Waals surface area contributed by atoms with Gasteiger partial charge in [0.1, 0.15) is 24.0 Å². The molecule has 0 saturated heterocycles. The van der Waals surface area contributed by atoms with Crippen molar-refractivity contribution in [1.82, 2.24) is 19.7 Å². The summed E-state index contributed by atoms with van der Waals surface area (Å²) in [6, 6.07) is 3.22. The zero-order chi connectivity index (χ0) is 17.5. The zero-order valence-corrected chi connectivity index (χ0v) is 13.8. The minimum Gasteiger partial charge on any atom is -0.511 e. The van der Waals surface area contributed by atoms with E-state index in [1.54, 1.807) is 19.1 Å². The van der Waals surface area contributed by atoms with Crippen molar-refractivity contribution < 1.29 is 14.7 Å². The van der Waals surface area contributed by atoms with Crippen LogP contribution in [0.1, 0.15) is 42.7 Å². The fourth-order valence-corrected chi connectivity index (χ4v) is 2.75. The Morgan fingerprint density at radius 1 is 1.33 bits per heavy atom. The fourth-order valence-electron chi connectivity index (χ4n) is 2.75. The van der Waals surface area contributed by atoms with Crippen molar-refractivity contribution in [3.63, 3.8) is 0 Å². The van der Waals surface area contributed by atoms with E-state index in [1.165, 1.54) is 17.3 Å². The van der Waals surface area contributed by atoms with Crippen LogP contribution in [0.3, 0.4) is 0 Å². The molecule has 7 nitrogen and oxygen atoms in total. The Kier molecular flexibility index (Phi) is 3.79. The van der Waals surface area contributed by atoms with Crippen LogP contribution in [-0.2, 0) is 4.79 Å². The number of aliphatic hydroxyl groups is 1. The third-order valence-corrected chi connectivity index (χ3v) is 4.33. The molecule has 0 unspecified atom stereocenters. The molecular weight excluding hydrogens is 308 g/mol. The van der Waals surface area contributed by atoms with Crippen LogP contribution in [0.5, 0.6) is 0 Å². The first-order valence-corrected chi connectivity index (χ1v) is 7.65.